The van der Waals surface area contributed by atoms with Crippen LogP contribution >= 0.6 is 0 Å². The summed E-state index contributed by atoms with van der Waals surface area (Å²) in [6.45, 7) is 2.47. The van der Waals surface area contributed by atoms with E-state index in [2.05, 4.69) is 11.5 Å². The molecular weight excluding hydrogens is 394 g/mol. The fourth-order valence-electron chi connectivity index (χ4n) is 3.60. The molecule has 0 aliphatic heterocycles. The number of carbonyl (C=O) groups is 2. The van der Waals surface area contributed by atoms with E-state index in [1.54, 1.807) is 25.3 Å². The minimum Gasteiger partial charge on any atom is -0.493 e. The van der Waals surface area contributed by atoms with Gasteiger partial charge in [0.2, 0.25) is 0 Å². The maximum Gasteiger partial charge on any atom is 0.335 e. The van der Waals surface area contributed by atoms with E-state index in [0.29, 0.717) is 18.1 Å². The molecule has 0 atom stereocenters. The number of rotatable bonds is 7. The second-order valence-electron chi connectivity index (χ2n) is 7.74. The lowest BCUT2D eigenvalue weighted by Gasteiger charge is -2.19. The summed E-state index contributed by atoms with van der Waals surface area (Å²) in [6.07, 6.45) is 7.79. The van der Waals surface area contributed by atoms with Gasteiger partial charge in [-0.25, -0.2) is 4.79 Å². The summed E-state index contributed by atoms with van der Waals surface area (Å²) < 4.78 is 11.3. The molecule has 0 radical (unpaired) electrons. The molecule has 1 fully saturated rings. The van der Waals surface area contributed by atoms with Gasteiger partial charge in [-0.3, -0.25) is 4.79 Å². The Morgan fingerprint density at radius 2 is 1.87 bits per heavy atom. The second-order valence-corrected chi connectivity index (χ2v) is 7.74. The Morgan fingerprint density at radius 3 is 2.61 bits per heavy atom. The molecule has 0 bridgehead atoms. The normalized spacial score (nSPS) is 14.3. The minimum atomic E-state index is -0.497. The van der Waals surface area contributed by atoms with Gasteiger partial charge in [0.25, 0.3) is 5.91 Å². The van der Waals surface area contributed by atoms with Crippen molar-refractivity contribution in [3.8, 4) is 11.5 Å². The fourth-order valence-corrected chi connectivity index (χ4v) is 3.60. The third-order valence-corrected chi connectivity index (χ3v) is 5.28. The summed E-state index contributed by atoms with van der Waals surface area (Å²) in [7, 11) is 1.57. The number of ether oxygens (including phenoxy) is 2. The second kappa shape index (κ2) is 11.2. The number of hydrogen-bond donors (Lipinski definition) is 1. The molecule has 164 valence electrons. The zero-order valence-corrected chi connectivity index (χ0v) is 18.1. The average molecular weight is 424 g/mol. The van der Waals surface area contributed by atoms with Gasteiger partial charge in [-0.15, -0.1) is 0 Å². The number of hydrogen-bond acceptors (Lipinski definition) is 5. The number of carbonyl (C=O) groups excluding carboxylic acids is 2. The summed E-state index contributed by atoms with van der Waals surface area (Å²) >= 11 is 0. The van der Waals surface area contributed by atoms with Crippen LogP contribution in [0.2, 0.25) is 0 Å². The maximum absolute atomic E-state index is 12.0. The minimum absolute atomic E-state index is 0.116. The monoisotopic (exact) mass is 423 g/mol. The van der Waals surface area contributed by atoms with Gasteiger partial charge in [0, 0.05) is 6.08 Å². The van der Waals surface area contributed by atoms with Crippen molar-refractivity contribution in [3.63, 3.8) is 0 Å². The highest BCUT2D eigenvalue weighted by Gasteiger charge is 2.23. The highest BCUT2D eigenvalue weighted by Crippen LogP contribution is 2.29. The first kappa shape index (κ1) is 22.4. The molecule has 2 aromatic carbocycles. The van der Waals surface area contributed by atoms with E-state index in [1.807, 2.05) is 31.2 Å². The zero-order valence-electron chi connectivity index (χ0n) is 18.1. The quantitative estimate of drug-likeness (QED) is 0.514. The number of nitrogens with one attached hydrogen (secondary N) is 1. The Balaban J connectivity index is 1.52. The smallest absolute Gasteiger partial charge is 0.335 e. The summed E-state index contributed by atoms with van der Waals surface area (Å²) in [5.41, 5.74) is 5.21. The molecule has 3 rings (SSSR count). The molecule has 0 spiro atoms. The summed E-state index contributed by atoms with van der Waals surface area (Å²) in [4.78, 5) is 28.9. The lowest BCUT2D eigenvalue weighted by molar-refractivity contribution is -0.161. The Labute approximate surface area is 183 Å². The average Bonchev–Trinajstić information content (AvgIpc) is 2.80. The van der Waals surface area contributed by atoms with Crippen LogP contribution in [-0.2, 0) is 21.0 Å². The van der Waals surface area contributed by atoms with Crippen LogP contribution in [0.15, 0.2) is 48.5 Å². The Morgan fingerprint density at radius 1 is 1.06 bits per heavy atom. The Kier molecular flexibility index (Phi) is 8.10. The van der Waals surface area contributed by atoms with Gasteiger partial charge in [-0.05, 0) is 49.1 Å². The highest BCUT2D eigenvalue weighted by atomic mass is 16.7. The molecular formula is C25H29NO5. The molecule has 1 aliphatic carbocycles. The molecule has 1 saturated carbocycles. The van der Waals surface area contributed by atoms with Crippen molar-refractivity contribution in [2.45, 2.75) is 45.6 Å². The molecule has 1 aliphatic rings. The topological polar surface area (TPSA) is 73.9 Å². The number of aryl methyl sites for hydroxylation is 1. The van der Waals surface area contributed by atoms with E-state index in [4.69, 9.17) is 14.3 Å². The van der Waals surface area contributed by atoms with Crippen molar-refractivity contribution in [1.29, 1.82) is 0 Å². The zero-order chi connectivity index (χ0) is 22.1. The van der Waals surface area contributed by atoms with E-state index in [9.17, 15) is 9.59 Å². The predicted molar refractivity (Wildman–Crippen MR) is 118 cm³/mol. The maximum atomic E-state index is 12.0. The van der Waals surface area contributed by atoms with Gasteiger partial charge in [0.1, 0.15) is 6.61 Å². The highest BCUT2D eigenvalue weighted by molar-refractivity contribution is 5.92. The van der Waals surface area contributed by atoms with Crippen LogP contribution in [0.1, 0.15) is 48.8 Å². The fraction of sp³-hybridized carbons (Fsp3) is 0.360. The number of benzene rings is 2. The van der Waals surface area contributed by atoms with Crippen molar-refractivity contribution in [3.05, 3.63) is 65.2 Å². The molecule has 1 amide bonds. The van der Waals surface area contributed by atoms with Crippen LogP contribution in [0.4, 0.5) is 0 Å². The van der Waals surface area contributed by atoms with Crippen molar-refractivity contribution >= 4 is 18.0 Å². The Hall–Kier alpha value is -3.28. The SMILES string of the molecule is COc1cc(/C=C/C(=O)NOC(=O)C2CCCCC2)ccc1OCc1cccc(C)c1. The molecule has 6 nitrogen and oxygen atoms in total. The molecule has 0 saturated heterocycles. The van der Waals surface area contributed by atoms with Crippen LogP contribution in [-0.4, -0.2) is 19.0 Å². The van der Waals surface area contributed by atoms with Gasteiger partial charge in [-0.2, -0.15) is 5.48 Å². The third-order valence-electron chi connectivity index (χ3n) is 5.28. The Bertz CT molecular complexity index is 931. The van der Waals surface area contributed by atoms with Crippen molar-refractivity contribution in [2.75, 3.05) is 7.11 Å². The van der Waals surface area contributed by atoms with Crippen LogP contribution in [0.5, 0.6) is 11.5 Å². The van der Waals surface area contributed by atoms with Crippen molar-refractivity contribution < 1.29 is 23.9 Å². The summed E-state index contributed by atoms with van der Waals surface area (Å²) in [5, 5.41) is 0. The molecule has 0 aromatic heterocycles. The number of amides is 1. The van der Waals surface area contributed by atoms with Crippen LogP contribution in [0, 0.1) is 12.8 Å². The van der Waals surface area contributed by atoms with Crippen LogP contribution < -0.4 is 15.0 Å². The first-order valence-corrected chi connectivity index (χ1v) is 10.6. The third kappa shape index (κ3) is 6.88. The largest absolute Gasteiger partial charge is 0.493 e. The number of methoxy groups -OCH3 is 1. The lowest BCUT2D eigenvalue weighted by atomic mass is 9.89. The standard InChI is InChI=1S/C25H29NO5/c1-18-7-6-8-20(15-18)17-30-22-13-11-19(16-23(22)29-2)12-14-24(27)26-31-25(28)21-9-4-3-5-10-21/h6-8,11-16,21H,3-5,9-10,17H2,1-2H3,(H,26,27)/b14-12+. The summed E-state index contributed by atoms with van der Waals surface area (Å²) in [5.74, 6) is 0.210. The van der Waals surface area contributed by atoms with Crippen molar-refractivity contribution in [2.24, 2.45) is 5.92 Å². The molecule has 0 heterocycles. The van der Waals surface area contributed by atoms with E-state index < -0.39 is 5.91 Å². The molecule has 0 unspecified atom stereocenters. The van der Waals surface area contributed by atoms with Gasteiger partial charge >= 0.3 is 5.97 Å². The lowest BCUT2D eigenvalue weighted by Crippen LogP contribution is -2.30. The first-order valence-electron chi connectivity index (χ1n) is 10.6. The molecule has 2 aromatic rings. The van der Waals surface area contributed by atoms with Gasteiger partial charge < -0.3 is 14.3 Å². The van der Waals surface area contributed by atoms with Crippen LogP contribution in [0.3, 0.4) is 0 Å². The van der Waals surface area contributed by atoms with Crippen LogP contribution in [0.25, 0.3) is 6.08 Å². The predicted octanol–water partition coefficient (Wildman–Crippen LogP) is 4.75. The molecule has 1 N–H and O–H groups in total. The van der Waals surface area contributed by atoms with Crippen molar-refractivity contribution in [1.82, 2.24) is 5.48 Å². The van der Waals surface area contributed by atoms with E-state index in [0.717, 1.165) is 43.2 Å². The van der Waals surface area contributed by atoms with E-state index >= 15 is 0 Å². The van der Waals surface area contributed by atoms with E-state index in [1.165, 1.54) is 11.6 Å². The first-order chi connectivity index (χ1) is 15.0. The molecule has 31 heavy (non-hydrogen) atoms. The van der Waals surface area contributed by atoms with Gasteiger partial charge in [0.05, 0.1) is 13.0 Å². The van der Waals surface area contributed by atoms with Gasteiger partial charge in [0.15, 0.2) is 11.5 Å². The molecule has 6 heteroatoms. The van der Waals surface area contributed by atoms with E-state index in [-0.39, 0.29) is 11.9 Å². The summed E-state index contributed by atoms with van der Waals surface area (Å²) in [6, 6.07) is 13.5. The number of hydroxylamine groups is 1. The van der Waals surface area contributed by atoms with Gasteiger partial charge in [-0.1, -0.05) is 55.2 Å².